The standard InChI is InChI=1S/C26H27FN4O3/c1-17-14-18(25(32)33-2)15-22(29-17)20-11-10-19(27)16-24(20)34-13-7-3-6-12-31-23-9-5-4-8-21(23)30-26(31)28/h4-5,8-11,14-16H,3,6-7,12-13H2,1-2H3,(H2,28,30). The summed E-state index contributed by atoms with van der Waals surface area (Å²) in [7, 11) is 1.33. The molecular formula is C26H27FN4O3. The van der Waals surface area contributed by atoms with Gasteiger partial charge in [0.05, 0.1) is 36.0 Å². The second kappa shape index (κ2) is 10.3. The van der Waals surface area contributed by atoms with Crippen molar-refractivity contribution in [2.45, 2.75) is 32.7 Å². The number of halogens is 1. The van der Waals surface area contributed by atoms with Crippen molar-refractivity contribution >= 4 is 23.0 Å². The van der Waals surface area contributed by atoms with Gasteiger partial charge in [-0.25, -0.2) is 14.2 Å². The zero-order chi connectivity index (χ0) is 24.1. The summed E-state index contributed by atoms with van der Waals surface area (Å²) in [5, 5.41) is 0. The van der Waals surface area contributed by atoms with Gasteiger partial charge in [-0.2, -0.15) is 0 Å². The first-order chi connectivity index (χ1) is 16.5. The van der Waals surface area contributed by atoms with E-state index in [0.29, 0.717) is 40.8 Å². The highest BCUT2D eigenvalue weighted by molar-refractivity contribution is 5.91. The highest BCUT2D eigenvalue weighted by Crippen LogP contribution is 2.31. The maximum atomic E-state index is 14.0. The number of rotatable bonds is 9. The Labute approximate surface area is 197 Å². The number of nitrogen functional groups attached to an aromatic ring is 1. The first-order valence-electron chi connectivity index (χ1n) is 11.2. The Balaban J connectivity index is 1.38. The van der Waals surface area contributed by atoms with Crippen molar-refractivity contribution in [2.24, 2.45) is 0 Å². The molecule has 176 valence electrons. The number of nitrogens with two attached hydrogens (primary N) is 1. The van der Waals surface area contributed by atoms with E-state index in [9.17, 15) is 9.18 Å². The fourth-order valence-electron chi connectivity index (χ4n) is 3.93. The van der Waals surface area contributed by atoms with Crippen LogP contribution in [0.15, 0.2) is 54.6 Å². The number of ether oxygens (including phenoxy) is 2. The van der Waals surface area contributed by atoms with Crippen LogP contribution in [0, 0.1) is 12.7 Å². The molecule has 0 aliphatic carbocycles. The van der Waals surface area contributed by atoms with Crippen molar-refractivity contribution in [2.75, 3.05) is 19.5 Å². The second-order valence-electron chi connectivity index (χ2n) is 8.03. The largest absolute Gasteiger partial charge is 0.493 e. The number of aromatic nitrogens is 3. The van der Waals surface area contributed by atoms with Gasteiger partial charge in [-0.1, -0.05) is 12.1 Å². The minimum absolute atomic E-state index is 0.381. The molecule has 2 heterocycles. The molecule has 0 spiro atoms. The van der Waals surface area contributed by atoms with Gasteiger partial charge in [0.2, 0.25) is 5.95 Å². The Morgan fingerprint density at radius 3 is 2.71 bits per heavy atom. The molecule has 2 aromatic carbocycles. The number of hydrogen-bond acceptors (Lipinski definition) is 6. The molecule has 0 aliphatic rings. The van der Waals surface area contributed by atoms with E-state index in [1.807, 2.05) is 28.8 Å². The number of hydrogen-bond donors (Lipinski definition) is 1. The van der Waals surface area contributed by atoms with Crippen LogP contribution in [0.3, 0.4) is 0 Å². The number of unbranched alkanes of at least 4 members (excludes halogenated alkanes) is 2. The Hall–Kier alpha value is -3.94. The Morgan fingerprint density at radius 1 is 1.06 bits per heavy atom. The van der Waals surface area contributed by atoms with E-state index in [2.05, 4.69) is 9.97 Å². The van der Waals surface area contributed by atoms with Crippen LogP contribution in [-0.4, -0.2) is 34.2 Å². The van der Waals surface area contributed by atoms with Gasteiger partial charge < -0.3 is 19.8 Å². The van der Waals surface area contributed by atoms with Gasteiger partial charge in [-0.05, 0) is 62.6 Å². The molecule has 8 heteroatoms. The molecule has 2 aromatic heterocycles. The van der Waals surface area contributed by atoms with Crippen LogP contribution >= 0.6 is 0 Å². The molecule has 4 rings (SSSR count). The summed E-state index contributed by atoms with van der Waals surface area (Å²) < 4.78 is 26.7. The average Bonchev–Trinajstić information content (AvgIpc) is 3.15. The van der Waals surface area contributed by atoms with Gasteiger partial charge >= 0.3 is 5.97 Å². The van der Waals surface area contributed by atoms with E-state index in [-0.39, 0.29) is 0 Å². The van der Waals surface area contributed by atoms with Crippen LogP contribution in [-0.2, 0) is 11.3 Å². The van der Waals surface area contributed by atoms with E-state index < -0.39 is 11.8 Å². The number of aryl methyl sites for hydroxylation is 2. The predicted octanol–water partition coefficient (Wildman–Crippen LogP) is 5.16. The number of fused-ring (bicyclic) bond motifs is 1. The summed E-state index contributed by atoms with van der Waals surface area (Å²) in [6.45, 7) is 2.98. The molecule has 0 atom stereocenters. The highest BCUT2D eigenvalue weighted by Gasteiger charge is 2.14. The van der Waals surface area contributed by atoms with Crippen LogP contribution in [0.25, 0.3) is 22.3 Å². The molecule has 0 aliphatic heterocycles. The third-order valence-electron chi connectivity index (χ3n) is 5.56. The Kier molecular flexibility index (Phi) is 7.06. The predicted molar refractivity (Wildman–Crippen MR) is 129 cm³/mol. The lowest BCUT2D eigenvalue weighted by Crippen LogP contribution is -2.05. The van der Waals surface area contributed by atoms with E-state index in [1.165, 1.54) is 19.2 Å². The number of methoxy groups -OCH3 is 1. The minimum Gasteiger partial charge on any atom is -0.493 e. The number of anilines is 1. The highest BCUT2D eigenvalue weighted by atomic mass is 19.1. The zero-order valence-corrected chi connectivity index (χ0v) is 19.3. The fraction of sp³-hybridized carbons (Fsp3) is 0.269. The number of carbonyl (C=O) groups is 1. The van der Waals surface area contributed by atoms with Crippen molar-refractivity contribution in [3.63, 3.8) is 0 Å². The summed E-state index contributed by atoms with van der Waals surface area (Å²) in [6, 6.07) is 15.5. The number of benzene rings is 2. The number of esters is 1. The van der Waals surface area contributed by atoms with Gasteiger partial charge in [0.25, 0.3) is 0 Å². The van der Waals surface area contributed by atoms with Crippen LogP contribution in [0.5, 0.6) is 5.75 Å². The lowest BCUT2D eigenvalue weighted by atomic mass is 10.1. The summed E-state index contributed by atoms with van der Waals surface area (Å²) >= 11 is 0. The topological polar surface area (TPSA) is 92.3 Å². The van der Waals surface area contributed by atoms with Crippen LogP contribution in [0.1, 0.15) is 35.3 Å². The van der Waals surface area contributed by atoms with E-state index in [4.69, 9.17) is 15.2 Å². The summed E-state index contributed by atoms with van der Waals surface area (Å²) in [4.78, 5) is 20.9. The first kappa shape index (κ1) is 23.2. The van der Waals surface area contributed by atoms with Crippen molar-refractivity contribution in [3.8, 4) is 17.0 Å². The molecule has 0 radical (unpaired) electrons. The lowest BCUT2D eigenvalue weighted by molar-refractivity contribution is 0.0600. The molecule has 34 heavy (non-hydrogen) atoms. The van der Waals surface area contributed by atoms with Crippen molar-refractivity contribution in [1.29, 1.82) is 0 Å². The zero-order valence-electron chi connectivity index (χ0n) is 19.3. The normalized spacial score (nSPS) is 11.0. The second-order valence-corrected chi connectivity index (χ2v) is 8.03. The number of imidazole rings is 1. The van der Waals surface area contributed by atoms with Crippen LogP contribution in [0.2, 0.25) is 0 Å². The number of pyridine rings is 1. The van der Waals surface area contributed by atoms with Crippen LogP contribution in [0.4, 0.5) is 10.3 Å². The first-order valence-corrected chi connectivity index (χ1v) is 11.2. The molecule has 2 N–H and O–H groups in total. The van der Waals surface area contributed by atoms with Crippen molar-refractivity contribution in [1.82, 2.24) is 14.5 Å². The lowest BCUT2D eigenvalue weighted by Gasteiger charge is -2.13. The molecule has 0 unspecified atom stereocenters. The molecule has 4 aromatic rings. The van der Waals surface area contributed by atoms with Gasteiger partial charge in [0.1, 0.15) is 11.6 Å². The molecule has 0 saturated carbocycles. The molecular weight excluding hydrogens is 435 g/mol. The number of para-hydroxylation sites is 2. The Bertz CT molecular complexity index is 1320. The summed E-state index contributed by atoms with van der Waals surface area (Å²) in [5.74, 6) is 0.0438. The maximum absolute atomic E-state index is 14.0. The minimum atomic E-state index is -0.456. The fourth-order valence-corrected chi connectivity index (χ4v) is 3.93. The molecule has 7 nitrogen and oxygen atoms in total. The van der Waals surface area contributed by atoms with Gasteiger partial charge in [-0.15, -0.1) is 0 Å². The molecule has 0 amide bonds. The van der Waals surface area contributed by atoms with Crippen molar-refractivity contribution < 1.29 is 18.7 Å². The summed E-state index contributed by atoms with van der Waals surface area (Å²) in [6.07, 6.45) is 2.61. The molecule has 0 bridgehead atoms. The van der Waals surface area contributed by atoms with Crippen molar-refractivity contribution in [3.05, 3.63) is 71.7 Å². The average molecular weight is 463 g/mol. The van der Waals surface area contributed by atoms with Gasteiger partial charge in [-0.3, -0.25) is 4.98 Å². The van der Waals surface area contributed by atoms with Crippen LogP contribution < -0.4 is 10.5 Å². The number of carbonyl (C=O) groups excluding carboxylic acids is 1. The van der Waals surface area contributed by atoms with E-state index in [1.54, 1.807) is 25.1 Å². The third kappa shape index (κ3) is 5.17. The third-order valence-corrected chi connectivity index (χ3v) is 5.56. The SMILES string of the molecule is COC(=O)c1cc(C)nc(-c2ccc(F)cc2OCCCCCn2c(N)nc3ccccc32)c1. The van der Waals surface area contributed by atoms with E-state index >= 15 is 0 Å². The maximum Gasteiger partial charge on any atom is 0.337 e. The van der Waals surface area contributed by atoms with E-state index in [0.717, 1.165) is 36.8 Å². The number of nitrogens with zero attached hydrogens (tertiary/aromatic N) is 3. The van der Waals surface area contributed by atoms with Gasteiger partial charge in [0, 0.05) is 23.9 Å². The molecule has 0 saturated heterocycles. The summed E-state index contributed by atoms with van der Waals surface area (Å²) in [5.41, 5.74) is 10.2. The van der Waals surface area contributed by atoms with Gasteiger partial charge in [0.15, 0.2) is 0 Å². The molecule has 0 fully saturated rings. The Morgan fingerprint density at radius 2 is 1.88 bits per heavy atom. The monoisotopic (exact) mass is 462 g/mol. The quantitative estimate of drug-likeness (QED) is 0.273. The smallest absolute Gasteiger partial charge is 0.337 e.